The monoisotopic (exact) mass is 406 g/mol. The second-order valence-electron chi connectivity index (χ2n) is 8.32. The van der Waals surface area contributed by atoms with E-state index in [1.54, 1.807) is 0 Å². The number of aryl methyl sites for hydroxylation is 1. The predicted molar refractivity (Wildman–Crippen MR) is 124 cm³/mol. The predicted octanol–water partition coefficient (Wildman–Crippen LogP) is 7.63. The molecule has 0 N–H and O–H groups in total. The van der Waals surface area contributed by atoms with Crippen molar-refractivity contribution in [1.82, 2.24) is 0 Å². The van der Waals surface area contributed by atoms with E-state index >= 15 is 0 Å². The Morgan fingerprint density at radius 1 is 0.828 bits per heavy atom. The molecule has 0 aliphatic heterocycles. The van der Waals surface area contributed by atoms with Gasteiger partial charge in [0.25, 0.3) is 0 Å². The van der Waals surface area contributed by atoms with Crippen molar-refractivity contribution >= 4 is 11.6 Å². The van der Waals surface area contributed by atoms with Crippen LogP contribution in [0.15, 0.2) is 72.8 Å². The minimum atomic E-state index is 0.158. The van der Waals surface area contributed by atoms with Crippen molar-refractivity contribution in [3.8, 4) is 5.75 Å². The lowest BCUT2D eigenvalue weighted by atomic mass is 9.80. The summed E-state index contributed by atoms with van der Waals surface area (Å²) in [4.78, 5) is 0. The third-order valence-corrected chi connectivity index (χ3v) is 5.78. The van der Waals surface area contributed by atoms with Crippen molar-refractivity contribution in [2.45, 2.75) is 51.9 Å². The highest BCUT2D eigenvalue weighted by atomic mass is 35.5. The van der Waals surface area contributed by atoms with Crippen LogP contribution in [0.4, 0.5) is 0 Å². The lowest BCUT2D eigenvalue weighted by Gasteiger charge is -2.25. The summed E-state index contributed by atoms with van der Waals surface area (Å²) in [5.41, 5.74) is 5.60. The second kappa shape index (κ2) is 9.98. The van der Waals surface area contributed by atoms with Gasteiger partial charge in [0.05, 0.1) is 6.61 Å². The van der Waals surface area contributed by atoms with E-state index in [0.717, 1.165) is 30.0 Å². The minimum Gasteiger partial charge on any atom is -0.494 e. The highest BCUT2D eigenvalue weighted by Crippen LogP contribution is 2.30. The van der Waals surface area contributed by atoms with Gasteiger partial charge in [-0.3, -0.25) is 0 Å². The van der Waals surface area contributed by atoms with Crippen LogP contribution >= 0.6 is 11.6 Å². The first-order valence-corrected chi connectivity index (χ1v) is 10.9. The summed E-state index contributed by atoms with van der Waals surface area (Å²) in [6.07, 6.45) is 4.38. The van der Waals surface area contributed by atoms with Gasteiger partial charge in [-0.1, -0.05) is 74.0 Å². The zero-order chi connectivity index (χ0) is 20.7. The Morgan fingerprint density at radius 2 is 1.52 bits per heavy atom. The molecule has 2 heteroatoms. The van der Waals surface area contributed by atoms with Crippen molar-refractivity contribution in [3.63, 3.8) is 0 Å². The van der Waals surface area contributed by atoms with Crippen molar-refractivity contribution < 1.29 is 4.74 Å². The normalized spacial score (nSPS) is 11.4. The average Bonchev–Trinajstić information content (AvgIpc) is 2.71. The van der Waals surface area contributed by atoms with Crippen LogP contribution in [0, 0.1) is 0 Å². The fourth-order valence-corrected chi connectivity index (χ4v) is 3.91. The summed E-state index contributed by atoms with van der Waals surface area (Å²) in [5.74, 6) is 0.949. The number of hydrogen-bond acceptors (Lipinski definition) is 1. The van der Waals surface area contributed by atoms with E-state index in [0.29, 0.717) is 6.61 Å². The molecule has 0 fully saturated rings. The van der Waals surface area contributed by atoms with E-state index < -0.39 is 0 Å². The lowest BCUT2D eigenvalue weighted by molar-refractivity contribution is 0.339. The topological polar surface area (TPSA) is 9.23 Å². The molecule has 0 spiro atoms. The van der Waals surface area contributed by atoms with Gasteiger partial charge in [-0.2, -0.15) is 0 Å². The highest BCUT2D eigenvalue weighted by molar-refractivity contribution is 6.30. The van der Waals surface area contributed by atoms with Gasteiger partial charge in [-0.25, -0.2) is 0 Å². The summed E-state index contributed by atoms with van der Waals surface area (Å²) in [6, 6.07) is 25.7. The number of halogens is 1. The second-order valence-corrected chi connectivity index (χ2v) is 8.75. The molecule has 3 rings (SSSR count). The Morgan fingerprint density at radius 3 is 2.21 bits per heavy atom. The fraction of sp³-hybridized carbons (Fsp3) is 0.333. The summed E-state index contributed by atoms with van der Waals surface area (Å²) < 4.78 is 5.57. The molecule has 0 bridgehead atoms. The standard InChI is InChI=1S/C27H31ClO/c1-4-29-26-16-12-24(13-17-26)27(2,3)18-6-9-21-7-5-8-23(19-21)20-22-10-14-25(28)15-11-22/h5,7-8,10-17,19H,4,6,9,18,20H2,1-3H3. The highest BCUT2D eigenvalue weighted by Gasteiger charge is 2.20. The maximum atomic E-state index is 5.99. The van der Waals surface area contributed by atoms with E-state index in [4.69, 9.17) is 16.3 Å². The number of rotatable bonds is 9. The molecule has 0 aromatic heterocycles. The lowest BCUT2D eigenvalue weighted by Crippen LogP contribution is -2.17. The molecule has 0 aliphatic carbocycles. The number of ether oxygens (including phenoxy) is 1. The maximum Gasteiger partial charge on any atom is 0.119 e. The Labute approximate surface area is 180 Å². The number of benzene rings is 3. The van der Waals surface area contributed by atoms with E-state index in [-0.39, 0.29) is 5.41 Å². The average molecular weight is 407 g/mol. The van der Waals surface area contributed by atoms with Gasteiger partial charge in [-0.05, 0) is 84.5 Å². The molecule has 0 aliphatic rings. The van der Waals surface area contributed by atoms with Gasteiger partial charge >= 0.3 is 0 Å². The molecule has 3 aromatic rings. The molecule has 0 unspecified atom stereocenters. The van der Waals surface area contributed by atoms with Crippen molar-refractivity contribution in [2.24, 2.45) is 0 Å². The Hall–Kier alpha value is -2.25. The van der Waals surface area contributed by atoms with Gasteiger partial charge in [0.1, 0.15) is 5.75 Å². The van der Waals surface area contributed by atoms with Crippen LogP contribution in [0.5, 0.6) is 5.75 Å². The first-order chi connectivity index (χ1) is 14.0. The van der Waals surface area contributed by atoms with Crippen LogP contribution in [0.2, 0.25) is 5.02 Å². The van der Waals surface area contributed by atoms with E-state index in [1.807, 2.05) is 19.1 Å². The van der Waals surface area contributed by atoms with Crippen molar-refractivity contribution in [3.05, 3.63) is 100 Å². The molecule has 29 heavy (non-hydrogen) atoms. The van der Waals surface area contributed by atoms with Gasteiger partial charge in [0.2, 0.25) is 0 Å². The SMILES string of the molecule is CCOc1ccc(C(C)(C)CCCc2cccc(Cc3ccc(Cl)cc3)c2)cc1. The molecule has 0 heterocycles. The van der Waals surface area contributed by atoms with Gasteiger partial charge in [-0.15, -0.1) is 0 Å². The molecule has 0 atom stereocenters. The summed E-state index contributed by atoms with van der Waals surface area (Å²) in [6.45, 7) is 7.39. The fourth-order valence-electron chi connectivity index (χ4n) is 3.78. The van der Waals surface area contributed by atoms with E-state index in [1.165, 1.54) is 28.7 Å². The maximum absolute atomic E-state index is 5.99. The first kappa shape index (κ1) is 21.5. The molecule has 0 saturated carbocycles. The Kier molecular flexibility index (Phi) is 7.39. The van der Waals surface area contributed by atoms with Crippen LogP contribution in [-0.4, -0.2) is 6.61 Å². The summed E-state index contributed by atoms with van der Waals surface area (Å²) in [5, 5.41) is 0.789. The molecule has 152 valence electrons. The van der Waals surface area contributed by atoms with Gasteiger partial charge < -0.3 is 4.74 Å². The van der Waals surface area contributed by atoms with Gasteiger partial charge in [0, 0.05) is 5.02 Å². The van der Waals surface area contributed by atoms with E-state index in [2.05, 4.69) is 74.5 Å². The van der Waals surface area contributed by atoms with Crippen molar-refractivity contribution in [1.29, 1.82) is 0 Å². The molecule has 0 saturated heterocycles. The summed E-state index contributed by atoms with van der Waals surface area (Å²) in [7, 11) is 0. The minimum absolute atomic E-state index is 0.158. The molecule has 1 nitrogen and oxygen atoms in total. The Bertz CT molecular complexity index is 895. The molecule has 0 amide bonds. The molecular formula is C27H31ClO. The molecule has 0 radical (unpaired) electrons. The van der Waals surface area contributed by atoms with Crippen molar-refractivity contribution in [2.75, 3.05) is 6.61 Å². The largest absolute Gasteiger partial charge is 0.494 e. The third-order valence-electron chi connectivity index (χ3n) is 5.53. The quantitative estimate of drug-likeness (QED) is 0.355. The van der Waals surface area contributed by atoms with Gasteiger partial charge in [0.15, 0.2) is 0 Å². The smallest absolute Gasteiger partial charge is 0.119 e. The first-order valence-electron chi connectivity index (χ1n) is 10.5. The zero-order valence-electron chi connectivity index (χ0n) is 17.7. The Balaban J connectivity index is 1.56. The van der Waals surface area contributed by atoms with Crippen LogP contribution in [0.3, 0.4) is 0 Å². The molecular weight excluding hydrogens is 376 g/mol. The zero-order valence-corrected chi connectivity index (χ0v) is 18.5. The molecule has 3 aromatic carbocycles. The summed E-state index contributed by atoms with van der Waals surface area (Å²) >= 11 is 5.99. The van der Waals surface area contributed by atoms with Crippen LogP contribution in [0.1, 0.15) is 55.9 Å². The third kappa shape index (κ3) is 6.37. The van der Waals surface area contributed by atoms with Crippen LogP contribution < -0.4 is 4.74 Å². The van der Waals surface area contributed by atoms with Crippen LogP contribution in [-0.2, 0) is 18.3 Å². The van der Waals surface area contributed by atoms with E-state index in [9.17, 15) is 0 Å². The number of hydrogen-bond donors (Lipinski definition) is 0. The van der Waals surface area contributed by atoms with Crippen LogP contribution in [0.25, 0.3) is 0 Å².